The monoisotopic (exact) mass is 586 g/mol. The molecule has 0 N–H and O–H groups in total. The summed E-state index contributed by atoms with van der Waals surface area (Å²) in [6.45, 7) is 11.6. The van der Waals surface area contributed by atoms with E-state index in [1.165, 1.54) is 0 Å². The van der Waals surface area contributed by atoms with E-state index in [4.69, 9.17) is 18.9 Å². The molecular formula is C34H42N4O5. The van der Waals surface area contributed by atoms with Crippen LogP contribution in [0, 0.1) is 11.3 Å². The van der Waals surface area contributed by atoms with Gasteiger partial charge in [-0.05, 0) is 42.7 Å². The molecule has 0 spiro atoms. The van der Waals surface area contributed by atoms with Gasteiger partial charge in [-0.3, -0.25) is 9.69 Å². The highest BCUT2D eigenvalue weighted by Crippen LogP contribution is 2.47. The van der Waals surface area contributed by atoms with E-state index in [1.54, 1.807) is 14.2 Å². The molecule has 0 amide bonds. The Morgan fingerprint density at radius 3 is 2.44 bits per heavy atom. The van der Waals surface area contributed by atoms with Gasteiger partial charge in [-0.1, -0.05) is 19.9 Å². The molecule has 0 radical (unpaired) electrons. The second kappa shape index (κ2) is 12.3. The van der Waals surface area contributed by atoms with Gasteiger partial charge in [0.2, 0.25) is 0 Å². The molecule has 0 bridgehead atoms. The Bertz CT molecular complexity index is 1540. The molecule has 0 atom stereocenters. The van der Waals surface area contributed by atoms with Gasteiger partial charge in [-0.25, -0.2) is 0 Å². The second-order valence-corrected chi connectivity index (χ2v) is 12.2. The minimum absolute atomic E-state index is 0.00985. The molecule has 9 heteroatoms. The Morgan fingerprint density at radius 2 is 1.74 bits per heavy atom. The van der Waals surface area contributed by atoms with Crippen LogP contribution in [-0.2, 0) is 26.2 Å². The summed E-state index contributed by atoms with van der Waals surface area (Å²) < 4.78 is 24.3. The third-order valence-electron chi connectivity index (χ3n) is 9.47. The van der Waals surface area contributed by atoms with Crippen molar-refractivity contribution in [3.63, 3.8) is 0 Å². The van der Waals surface area contributed by atoms with Gasteiger partial charge in [0, 0.05) is 75.0 Å². The van der Waals surface area contributed by atoms with E-state index >= 15 is 0 Å². The normalized spacial score (nSPS) is 18.9. The van der Waals surface area contributed by atoms with E-state index in [0.717, 1.165) is 80.1 Å². The molecule has 3 aromatic rings. The van der Waals surface area contributed by atoms with E-state index in [1.807, 2.05) is 24.3 Å². The Kier molecular flexibility index (Phi) is 8.47. The molecule has 1 aromatic heterocycles. The van der Waals surface area contributed by atoms with Gasteiger partial charge in [0.25, 0.3) is 0 Å². The highest BCUT2D eigenvalue weighted by molar-refractivity contribution is 6.20. The molecule has 3 aliphatic rings. The first kappa shape index (κ1) is 29.6. The van der Waals surface area contributed by atoms with Crippen LogP contribution in [0.4, 0.5) is 5.69 Å². The average Bonchev–Trinajstić information content (AvgIpc) is 3.37. The molecule has 1 aliphatic carbocycles. The van der Waals surface area contributed by atoms with E-state index in [2.05, 4.69) is 40.3 Å². The third-order valence-corrected chi connectivity index (χ3v) is 9.47. The molecule has 2 aromatic carbocycles. The maximum atomic E-state index is 14.4. The van der Waals surface area contributed by atoms with Crippen LogP contribution in [0.25, 0.3) is 10.9 Å². The summed E-state index contributed by atoms with van der Waals surface area (Å²) in [6.07, 6.45) is 2.09. The zero-order chi connectivity index (χ0) is 30.1. The summed E-state index contributed by atoms with van der Waals surface area (Å²) >= 11 is 0. The second-order valence-electron chi connectivity index (χ2n) is 12.2. The fraction of sp³-hybridized carbons (Fsp3) is 0.529. The van der Waals surface area contributed by atoms with Gasteiger partial charge < -0.3 is 28.4 Å². The fourth-order valence-electron chi connectivity index (χ4n) is 7.29. The number of nitriles is 1. The number of anilines is 1. The lowest BCUT2D eigenvalue weighted by molar-refractivity contribution is 0.0115. The predicted molar refractivity (Wildman–Crippen MR) is 166 cm³/mol. The van der Waals surface area contributed by atoms with E-state index in [-0.39, 0.29) is 5.78 Å². The molecular weight excluding hydrogens is 544 g/mol. The van der Waals surface area contributed by atoms with Crippen LogP contribution >= 0.6 is 0 Å². The van der Waals surface area contributed by atoms with Crippen LogP contribution in [0.3, 0.4) is 0 Å². The van der Waals surface area contributed by atoms with Crippen molar-refractivity contribution < 1.29 is 23.7 Å². The standard InChI is InChI=1S/C34H42N4O5/c1-34(2)28-6-5-25(43-18-17-41-4)20-26(28)32(39)31-27-21-29(23(22-35)19-30(27)38(33(31)34)13-14-40-3)37-9-7-24(8-10-37)36-11-15-42-16-12-36/h5-6,19-21,24H,7-18H2,1-4H3. The average molecular weight is 587 g/mol. The first-order valence-corrected chi connectivity index (χ1v) is 15.4. The van der Waals surface area contributed by atoms with E-state index in [0.29, 0.717) is 54.8 Å². The van der Waals surface area contributed by atoms with Gasteiger partial charge in [-0.15, -0.1) is 0 Å². The van der Waals surface area contributed by atoms with Crippen molar-refractivity contribution in [1.29, 1.82) is 5.26 Å². The molecule has 228 valence electrons. The Hall–Kier alpha value is -3.42. The largest absolute Gasteiger partial charge is 0.491 e. The lowest BCUT2D eigenvalue weighted by Gasteiger charge is -2.41. The molecule has 0 saturated carbocycles. The number of piperidine rings is 1. The number of fused-ring (bicyclic) bond motifs is 4. The molecule has 2 aliphatic heterocycles. The molecule has 2 saturated heterocycles. The minimum atomic E-state index is -0.458. The number of carbonyl (C=O) groups excluding carboxylic acids is 1. The van der Waals surface area contributed by atoms with Crippen molar-refractivity contribution in [2.45, 2.75) is 44.7 Å². The number of methoxy groups -OCH3 is 2. The molecule has 3 heterocycles. The number of hydrogen-bond donors (Lipinski definition) is 0. The van der Waals surface area contributed by atoms with E-state index < -0.39 is 5.41 Å². The number of morpholine rings is 1. The first-order valence-electron chi connectivity index (χ1n) is 15.4. The zero-order valence-electron chi connectivity index (χ0n) is 25.8. The van der Waals surface area contributed by atoms with Crippen LogP contribution in [0.15, 0.2) is 30.3 Å². The highest BCUT2D eigenvalue weighted by atomic mass is 16.5. The zero-order valence-corrected chi connectivity index (χ0v) is 25.8. The lowest BCUT2D eigenvalue weighted by Crippen LogP contribution is -2.49. The highest BCUT2D eigenvalue weighted by Gasteiger charge is 2.42. The summed E-state index contributed by atoms with van der Waals surface area (Å²) in [5.41, 5.74) is 5.31. The molecule has 2 fully saturated rings. The van der Waals surface area contributed by atoms with Crippen molar-refractivity contribution in [1.82, 2.24) is 9.47 Å². The molecule has 43 heavy (non-hydrogen) atoms. The summed E-state index contributed by atoms with van der Waals surface area (Å²) in [4.78, 5) is 19.3. The maximum Gasteiger partial charge on any atom is 0.195 e. The number of nitrogens with zero attached hydrogens (tertiary/aromatic N) is 4. The number of ether oxygens (including phenoxy) is 4. The first-order chi connectivity index (χ1) is 20.9. The smallest absolute Gasteiger partial charge is 0.195 e. The summed E-state index contributed by atoms with van der Waals surface area (Å²) in [5, 5.41) is 11.2. The fourth-order valence-corrected chi connectivity index (χ4v) is 7.29. The number of carbonyl (C=O) groups is 1. The lowest BCUT2D eigenvalue weighted by atomic mass is 9.71. The summed E-state index contributed by atoms with van der Waals surface area (Å²) in [7, 11) is 3.33. The van der Waals surface area contributed by atoms with E-state index in [9.17, 15) is 10.1 Å². The molecule has 0 unspecified atom stereocenters. The van der Waals surface area contributed by atoms with Crippen molar-refractivity contribution in [3.05, 3.63) is 58.3 Å². The Balaban J connectivity index is 1.43. The minimum Gasteiger partial charge on any atom is -0.491 e. The SMILES string of the molecule is COCCOc1ccc2c(c1)C(=O)c1c(n(CCOC)c3cc(C#N)c(N4CCC(N5CCOCC5)CC4)cc13)C2(C)C. The number of aromatic nitrogens is 1. The van der Waals surface area contributed by atoms with Crippen LogP contribution in [0.5, 0.6) is 5.75 Å². The van der Waals surface area contributed by atoms with Crippen molar-refractivity contribution >= 4 is 22.4 Å². The predicted octanol–water partition coefficient (Wildman–Crippen LogP) is 4.36. The van der Waals surface area contributed by atoms with Gasteiger partial charge in [0.05, 0.1) is 48.8 Å². The molecule has 9 nitrogen and oxygen atoms in total. The van der Waals surface area contributed by atoms with Crippen LogP contribution < -0.4 is 9.64 Å². The number of benzene rings is 2. The summed E-state index contributed by atoms with van der Waals surface area (Å²) in [6, 6.07) is 12.9. The Labute approximate surface area is 253 Å². The maximum absolute atomic E-state index is 14.4. The number of rotatable bonds is 9. The number of hydrogen-bond acceptors (Lipinski definition) is 8. The molecule has 6 rings (SSSR count). The number of ketones is 1. The van der Waals surface area contributed by atoms with Crippen molar-refractivity contribution in [3.8, 4) is 11.8 Å². The van der Waals surface area contributed by atoms with Crippen LogP contribution in [-0.4, -0.2) is 94.7 Å². The third kappa shape index (κ3) is 5.31. The van der Waals surface area contributed by atoms with Crippen LogP contribution in [0.2, 0.25) is 0 Å². The van der Waals surface area contributed by atoms with Crippen LogP contribution in [0.1, 0.15) is 59.4 Å². The topological polar surface area (TPSA) is 89.2 Å². The van der Waals surface area contributed by atoms with Gasteiger partial charge >= 0.3 is 0 Å². The van der Waals surface area contributed by atoms with Gasteiger partial charge in [0.15, 0.2) is 5.78 Å². The van der Waals surface area contributed by atoms with Crippen molar-refractivity contribution in [2.24, 2.45) is 0 Å². The van der Waals surface area contributed by atoms with Gasteiger partial charge in [-0.2, -0.15) is 5.26 Å². The van der Waals surface area contributed by atoms with Crippen molar-refractivity contribution in [2.75, 3.05) is 78.3 Å². The summed E-state index contributed by atoms with van der Waals surface area (Å²) in [5.74, 6) is 0.645. The quantitative estimate of drug-likeness (QED) is 0.342. The van der Waals surface area contributed by atoms with Gasteiger partial charge in [0.1, 0.15) is 18.4 Å². The Morgan fingerprint density at radius 1 is 1.00 bits per heavy atom.